The van der Waals surface area contributed by atoms with Gasteiger partial charge in [0.1, 0.15) is 18.4 Å². The number of hydrogen-bond donors (Lipinski definition) is 2. The first kappa shape index (κ1) is 19.3. The smallest absolute Gasteiger partial charge is 0.414 e. The first-order valence-corrected chi connectivity index (χ1v) is 8.41. The van der Waals surface area contributed by atoms with Crippen LogP contribution in [0.25, 0.3) is 0 Å². The maximum Gasteiger partial charge on any atom is 0.414 e. The first-order valence-electron chi connectivity index (χ1n) is 8.41. The van der Waals surface area contributed by atoms with E-state index in [-0.39, 0.29) is 50.7 Å². The van der Waals surface area contributed by atoms with Gasteiger partial charge in [-0.15, -0.1) is 0 Å². The Bertz CT molecular complexity index is 712. The van der Waals surface area contributed by atoms with Gasteiger partial charge in [0.25, 0.3) is 5.91 Å². The molecular weight excluding hydrogens is 366 g/mol. The minimum Gasteiger partial charge on any atom is -0.443 e. The second-order valence-corrected chi connectivity index (χ2v) is 6.08. The van der Waals surface area contributed by atoms with E-state index in [9.17, 15) is 18.4 Å². The Morgan fingerprint density at radius 2 is 1.96 bits per heavy atom. The zero-order chi connectivity index (χ0) is 19.6. The van der Waals surface area contributed by atoms with Crippen LogP contribution < -0.4 is 15.5 Å². The summed E-state index contributed by atoms with van der Waals surface area (Å²) in [6.45, 7) is -0.179. The highest BCUT2D eigenvalue weighted by Gasteiger charge is 2.33. The van der Waals surface area contributed by atoms with Crippen LogP contribution in [0.5, 0.6) is 0 Å². The predicted molar refractivity (Wildman–Crippen MR) is 90.0 cm³/mol. The Labute approximate surface area is 153 Å². The third-order valence-corrected chi connectivity index (χ3v) is 4.36. The van der Waals surface area contributed by atoms with Crippen molar-refractivity contribution in [3.05, 3.63) is 23.8 Å². The molecule has 1 unspecified atom stereocenters. The van der Waals surface area contributed by atoms with Crippen molar-refractivity contribution in [3.63, 3.8) is 0 Å². The van der Waals surface area contributed by atoms with Gasteiger partial charge < -0.3 is 20.5 Å². The molecule has 1 aromatic rings. The molecule has 148 valence electrons. The Hall–Kier alpha value is -2.50. The van der Waals surface area contributed by atoms with Gasteiger partial charge in [0.15, 0.2) is 11.6 Å². The number of carbonyl (C=O) groups is 2. The fourth-order valence-electron chi connectivity index (χ4n) is 3.01. The summed E-state index contributed by atoms with van der Waals surface area (Å²) in [5.41, 5.74) is 5.23. The van der Waals surface area contributed by atoms with E-state index in [1.54, 1.807) is 0 Å². The monoisotopic (exact) mass is 386 g/mol. The van der Waals surface area contributed by atoms with Crippen LogP contribution in [0.4, 0.5) is 25.0 Å². The minimum absolute atomic E-state index is 0.0169. The lowest BCUT2D eigenvalue weighted by atomic mass is 10.2. The molecule has 1 atom stereocenters. The number of nitrogens with zero attached hydrogens (tertiary/aromatic N) is 3. The normalized spacial score (nSPS) is 20.7. The van der Waals surface area contributed by atoms with Crippen LogP contribution in [0.3, 0.4) is 0 Å². The van der Waals surface area contributed by atoms with E-state index in [0.717, 1.165) is 22.1 Å². The number of anilines is 2. The zero-order valence-electron chi connectivity index (χ0n) is 14.4. The van der Waals surface area contributed by atoms with Gasteiger partial charge in [0, 0.05) is 31.8 Å². The number of cyclic esters (lactones) is 1. The van der Waals surface area contributed by atoms with Crippen LogP contribution in [-0.2, 0) is 14.4 Å². The minimum atomic E-state index is -0.851. The summed E-state index contributed by atoms with van der Waals surface area (Å²) in [7, 11) is 0. The zero-order valence-corrected chi connectivity index (χ0v) is 14.4. The van der Waals surface area contributed by atoms with Crippen molar-refractivity contribution < 1.29 is 33.1 Å². The molecule has 2 aliphatic heterocycles. The van der Waals surface area contributed by atoms with Crippen molar-refractivity contribution in [2.75, 3.05) is 55.7 Å². The molecule has 2 heterocycles. The Kier molecular flexibility index (Phi) is 5.73. The van der Waals surface area contributed by atoms with Gasteiger partial charge in [-0.05, 0) is 0 Å². The second kappa shape index (κ2) is 8.03. The van der Waals surface area contributed by atoms with Crippen LogP contribution in [-0.4, -0.2) is 74.2 Å². The van der Waals surface area contributed by atoms with E-state index in [4.69, 9.17) is 20.4 Å². The second-order valence-electron chi connectivity index (χ2n) is 6.08. The fraction of sp³-hybridized carbons (Fsp3) is 0.500. The van der Waals surface area contributed by atoms with Crippen molar-refractivity contribution in [1.82, 2.24) is 5.06 Å². The fourth-order valence-corrected chi connectivity index (χ4v) is 3.01. The number of carbonyl (C=O) groups excluding carboxylic acids is 2. The molecule has 2 amide bonds. The number of hydrogen-bond acceptors (Lipinski definition) is 7. The Balaban J connectivity index is 1.79. The van der Waals surface area contributed by atoms with Gasteiger partial charge >= 0.3 is 6.09 Å². The molecular formula is C16H20F2N4O5. The highest BCUT2D eigenvalue weighted by Crippen LogP contribution is 2.31. The number of aliphatic hydroxyl groups is 1. The van der Waals surface area contributed by atoms with Crippen molar-refractivity contribution in [1.29, 1.82) is 0 Å². The lowest BCUT2D eigenvalue weighted by Gasteiger charge is -2.24. The highest BCUT2D eigenvalue weighted by molar-refractivity contribution is 5.90. The van der Waals surface area contributed by atoms with Crippen LogP contribution in [0, 0.1) is 11.6 Å². The summed E-state index contributed by atoms with van der Waals surface area (Å²) in [6.07, 6.45) is -1.24. The standard InChI is InChI=1S/C16H20F2N4O5/c17-12-5-10(21-8-11(7-19)27-16(21)25)6-13(18)15(12)20-1-2-22(14(24)9-23)26-4-3-20/h5-6,11,23H,1-4,7-9,19H2. The van der Waals surface area contributed by atoms with Crippen LogP contribution in [0.1, 0.15) is 0 Å². The van der Waals surface area contributed by atoms with Crippen molar-refractivity contribution in [3.8, 4) is 0 Å². The average molecular weight is 386 g/mol. The molecule has 0 spiro atoms. The number of rotatable bonds is 4. The lowest BCUT2D eigenvalue weighted by molar-refractivity contribution is -0.184. The molecule has 1 aromatic carbocycles. The number of benzene rings is 1. The molecule has 2 saturated heterocycles. The van der Waals surface area contributed by atoms with Crippen molar-refractivity contribution in [2.45, 2.75) is 6.10 Å². The Morgan fingerprint density at radius 3 is 2.56 bits per heavy atom. The summed E-state index contributed by atoms with van der Waals surface area (Å²) in [5.74, 6) is -2.33. The summed E-state index contributed by atoms with van der Waals surface area (Å²) in [4.78, 5) is 31.1. The summed E-state index contributed by atoms with van der Waals surface area (Å²) in [5, 5.41) is 9.86. The SMILES string of the molecule is NCC1CN(c2cc(F)c(N3CCON(C(=O)CO)CC3)c(F)c2)C(=O)O1. The molecule has 0 aliphatic carbocycles. The number of aliphatic hydroxyl groups excluding tert-OH is 1. The predicted octanol–water partition coefficient (Wildman–Crippen LogP) is -0.179. The third kappa shape index (κ3) is 3.94. The van der Waals surface area contributed by atoms with E-state index in [1.807, 2.05) is 0 Å². The summed E-state index contributed by atoms with van der Waals surface area (Å²) in [6, 6.07) is 2.11. The van der Waals surface area contributed by atoms with Crippen LogP contribution in [0.2, 0.25) is 0 Å². The van der Waals surface area contributed by atoms with E-state index < -0.39 is 36.3 Å². The first-order chi connectivity index (χ1) is 12.9. The highest BCUT2D eigenvalue weighted by atomic mass is 19.1. The molecule has 3 rings (SSSR count). The molecule has 3 N–H and O–H groups in total. The molecule has 2 aliphatic rings. The van der Waals surface area contributed by atoms with Gasteiger partial charge in [-0.2, -0.15) is 0 Å². The van der Waals surface area contributed by atoms with E-state index in [2.05, 4.69) is 0 Å². The Morgan fingerprint density at radius 1 is 1.26 bits per heavy atom. The third-order valence-electron chi connectivity index (χ3n) is 4.36. The molecule has 27 heavy (non-hydrogen) atoms. The molecule has 0 aromatic heterocycles. The van der Waals surface area contributed by atoms with E-state index in [0.29, 0.717) is 0 Å². The number of nitrogens with two attached hydrogens (primary N) is 1. The molecule has 0 radical (unpaired) electrons. The topological polar surface area (TPSA) is 109 Å². The lowest BCUT2D eigenvalue weighted by Crippen LogP contribution is -2.36. The average Bonchev–Trinajstić information content (AvgIpc) is 2.86. The van der Waals surface area contributed by atoms with Crippen molar-refractivity contribution in [2.24, 2.45) is 5.73 Å². The molecule has 2 fully saturated rings. The van der Waals surface area contributed by atoms with Crippen LogP contribution >= 0.6 is 0 Å². The van der Waals surface area contributed by atoms with E-state index >= 15 is 0 Å². The number of amides is 2. The maximum absolute atomic E-state index is 14.7. The quantitative estimate of drug-likeness (QED) is 0.739. The maximum atomic E-state index is 14.7. The van der Waals surface area contributed by atoms with Gasteiger partial charge in [-0.3, -0.25) is 14.5 Å². The summed E-state index contributed by atoms with van der Waals surface area (Å²) < 4.78 is 34.3. The van der Waals surface area contributed by atoms with Crippen molar-refractivity contribution >= 4 is 23.4 Å². The largest absolute Gasteiger partial charge is 0.443 e. The molecule has 0 saturated carbocycles. The summed E-state index contributed by atoms with van der Waals surface area (Å²) >= 11 is 0. The van der Waals surface area contributed by atoms with Crippen LogP contribution in [0.15, 0.2) is 12.1 Å². The van der Waals surface area contributed by atoms with Gasteiger partial charge in [-0.25, -0.2) is 18.6 Å². The molecule has 11 heteroatoms. The molecule has 9 nitrogen and oxygen atoms in total. The van der Waals surface area contributed by atoms with E-state index in [1.165, 1.54) is 4.90 Å². The number of ether oxygens (including phenoxy) is 1. The number of hydroxylamine groups is 2. The van der Waals surface area contributed by atoms with Gasteiger partial charge in [-0.1, -0.05) is 0 Å². The van der Waals surface area contributed by atoms with Gasteiger partial charge in [0.2, 0.25) is 0 Å². The molecule has 0 bridgehead atoms. The number of halogens is 2. The van der Waals surface area contributed by atoms with Gasteiger partial charge in [0.05, 0.1) is 25.4 Å².